The molecule has 1 amide bonds. The van der Waals surface area contributed by atoms with Crippen LogP contribution in [-0.2, 0) is 9.59 Å². The van der Waals surface area contributed by atoms with Crippen LogP contribution in [0.4, 0.5) is 5.82 Å². The number of aryl methyl sites for hydroxylation is 1. The number of aromatic nitrogens is 1. The molecule has 33 heavy (non-hydrogen) atoms. The van der Waals surface area contributed by atoms with Crippen LogP contribution in [0.15, 0.2) is 58.6 Å². The smallest absolute Gasteiger partial charge is 0.301 e. The van der Waals surface area contributed by atoms with Crippen LogP contribution in [-0.4, -0.2) is 28.1 Å². The summed E-state index contributed by atoms with van der Waals surface area (Å²) in [6, 6.07) is 11.9. The lowest BCUT2D eigenvalue weighted by Crippen LogP contribution is -2.29. The Hall–Kier alpha value is -3.29. The Morgan fingerprint density at radius 3 is 2.36 bits per heavy atom. The number of ether oxygens (including phenoxy) is 1. The van der Waals surface area contributed by atoms with Crippen molar-refractivity contribution in [3.8, 4) is 5.75 Å². The number of ketones is 1. The van der Waals surface area contributed by atoms with Crippen LogP contribution >= 0.6 is 23.2 Å². The summed E-state index contributed by atoms with van der Waals surface area (Å²) in [7, 11) is 0. The van der Waals surface area contributed by atoms with Gasteiger partial charge in [0, 0.05) is 11.6 Å². The van der Waals surface area contributed by atoms with Gasteiger partial charge in [-0.3, -0.25) is 14.5 Å². The van der Waals surface area contributed by atoms with E-state index in [1.54, 1.807) is 49.4 Å². The Kier molecular flexibility index (Phi) is 6.19. The van der Waals surface area contributed by atoms with Gasteiger partial charge in [0.25, 0.3) is 5.78 Å². The summed E-state index contributed by atoms with van der Waals surface area (Å²) >= 11 is 12.3. The van der Waals surface area contributed by atoms with Crippen molar-refractivity contribution < 1.29 is 24.0 Å². The number of benzene rings is 2. The van der Waals surface area contributed by atoms with Crippen LogP contribution < -0.4 is 9.64 Å². The van der Waals surface area contributed by atoms with Gasteiger partial charge >= 0.3 is 5.91 Å². The molecule has 9 heteroatoms. The average Bonchev–Trinajstić information content (AvgIpc) is 3.30. The molecule has 1 N–H and O–H groups in total. The number of halogens is 2. The van der Waals surface area contributed by atoms with Crippen molar-refractivity contribution in [2.75, 3.05) is 4.90 Å². The van der Waals surface area contributed by atoms with Crippen LogP contribution in [0.25, 0.3) is 5.76 Å². The zero-order chi connectivity index (χ0) is 23.9. The molecule has 0 saturated carbocycles. The minimum Gasteiger partial charge on any atom is -0.507 e. The van der Waals surface area contributed by atoms with Crippen LogP contribution in [0.2, 0.25) is 10.0 Å². The second-order valence-corrected chi connectivity index (χ2v) is 8.64. The molecule has 0 radical (unpaired) electrons. The number of hydrogen-bond acceptors (Lipinski definition) is 6. The number of nitrogens with zero attached hydrogens (tertiary/aromatic N) is 2. The van der Waals surface area contributed by atoms with E-state index in [0.29, 0.717) is 27.7 Å². The average molecular weight is 487 g/mol. The fourth-order valence-corrected chi connectivity index (χ4v) is 3.96. The summed E-state index contributed by atoms with van der Waals surface area (Å²) in [5.41, 5.74) is 0.729. The Labute approximate surface area is 200 Å². The highest BCUT2D eigenvalue weighted by Gasteiger charge is 2.48. The SMILES string of the molecule is Cc1cc(N2C(=O)C(=O)C(=C(O)c3ccc(OC(C)C)cc3)[C@@H]2c2ccc(Cl)c(Cl)c2)no1. The molecule has 0 bridgehead atoms. The van der Waals surface area contributed by atoms with E-state index in [0.717, 1.165) is 0 Å². The number of carbonyl (C=O) groups excluding carboxylic acids is 2. The number of hydrogen-bond donors (Lipinski definition) is 1. The summed E-state index contributed by atoms with van der Waals surface area (Å²) < 4.78 is 10.7. The first-order valence-corrected chi connectivity index (χ1v) is 10.9. The zero-order valence-corrected chi connectivity index (χ0v) is 19.5. The monoisotopic (exact) mass is 486 g/mol. The Morgan fingerprint density at radius 2 is 1.79 bits per heavy atom. The quantitative estimate of drug-likeness (QED) is 0.282. The summed E-state index contributed by atoms with van der Waals surface area (Å²) in [5, 5.41) is 15.6. The number of aliphatic hydroxyl groups excluding tert-OH is 1. The molecule has 2 aromatic carbocycles. The molecule has 3 aromatic rings. The predicted octanol–water partition coefficient (Wildman–Crippen LogP) is 5.70. The molecule has 7 nitrogen and oxygen atoms in total. The van der Waals surface area contributed by atoms with Crippen molar-refractivity contribution in [3.05, 3.63) is 81.0 Å². The fourth-order valence-electron chi connectivity index (χ4n) is 3.65. The standard InChI is InChI=1S/C24H20Cl2N2O5/c1-12(2)32-16-7-4-14(5-8-16)22(29)20-21(15-6-9-17(25)18(26)11-15)28(24(31)23(20)30)19-10-13(3)33-27-19/h4-12,21,29H,1-3H3/t21-/m0/s1. The number of carbonyl (C=O) groups is 2. The molecular weight excluding hydrogens is 467 g/mol. The third kappa shape index (κ3) is 4.34. The summed E-state index contributed by atoms with van der Waals surface area (Å²) in [5.74, 6) is -0.817. The van der Waals surface area contributed by atoms with Crippen LogP contribution in [0.3, 0.4) is 0 Å². The highest BCUT2D eigenvalue weighted by atomic mass is 35.5. The highest BCUT2D eigenvalue weighted by molar-refractivity contribution is 6.51. The van der Waals surface area contributed by atoms with E-state index in [2.05, 4.69) is 5.16 Å². The Balaban J connectivity index is 1.87. The topological polar surface area (TPSA) is 92.9 Å². The molecule has 1 aliphatic rings. The minimum absolute atomic E-state index is 0.0182. The van der Waals surface area contributed by atoms with E-state index in [-0.39, 0.29) is 28.3 Å². The Bertz CT molecular complexity index is 1260. The van der Waals surface area contributed by atoms with Crippen molar-refractivity contribution in [1.82, 2.24) is 5.16 Å². The summed E-state index contributed by atoms with van der Waals surface area (Å²) in [6.07, 6.45) is -0.0182. The second-order valence-electron chi connectivity index (χ2n) is 7.83. The number of anilines is 1. The van der Waals surface area contributed by atoms with E-state index >= 15 is 0 Å². The van der Waals surface area contributed by atoms with Crippen molar-refractivity contribution in [3.63, 3.8) is 0 Å². The van der Waals surface area contributed by atoms with Crippen molar-refractivity contribution in [2.45, 2.75) is 32.9 Å². The number of Topliss-reactive ketones (excluding diaryl/α,β-unsaturated/α-hetero) is 1. The van der Waals surface area contributed by atoms with Crippen LogP contribution in [0.1, 0.15) is 36.8 Å². The molecule has 1 saturated heterocycles. The summed E-state index contributed by atoms with van der Waals surface area (Å²) in [6.45, 7) is 5.47. The first-order chi connectivity index (χ1) is 15.7. The highest BCUT2D eigenvalue weighted by Crippen LogP contribution is 2.43. The lowest BCUT2D eigenvalue weighted by Gasteiger charge is -2.23. The third-order valence-corrected chi connectivity index (χ3v) is 5.80. The van der Waals surface area contributed by atoms with E-state index in [1.807, 2.05) is 13.8 Å². The van der Waals surface area contributed by atoms with Crippen LogP contribution in [0, 0.1) is 6.92 Å². The van der Waals surface area contributed by atoms with E-state index in [1.165, 1.54) is 11.0 Å². The minimum atomic E-state index is -0.990. The zero-order valence-electron chi connectivity index (χ0n) is 18.0. The number of amides is 1. The molecule has 170 valence electrons. The first kappa shape index (κ1) is 22.9. The molecule has 2 heterocycles. The van der Waals surface area contributed by atoms with Gasteiger partial charge in [0.15, 0.2) is 5.82 Å². The van der Waals surface area contributed by atoms with Gasteiger partial charge < -0.3 is 14.4 Å². The van der Waals surface area contributed by atoms with Gasteiger partial charge in [-0.15, -0.1) is 0 Å². The number of rotatable bonds is 5. The maximum atomic E-state index is 13.1. The van der Waals surface area contributed by atoms with Gasteiger partial charge in [-0.1, -0.05) is 34.4 Å². The summed E-state index contributed by atoms with van der Waals surface area (Å²) in [4.78, 5) is 27.3. The van der Waals surface area contributed by atoms with E-state index in [9.17, 15) is 14.7 Å². The van der Waals surface area contributed by atoms with Gasteiger partial charge in [-0.25, -0.2) is 0 Å². The molecule has 1 fully saturated rings. The van der Waals surface area contributed by atoms with Gasteiger partial charge in [-0.2, -0.15) is 0 Å². The molecule has 4 rings (SSSR count). The fraction of sp³-hybridized carbons (Fsp3) is 0.208. The molecule has 0 spiro atoms. The lowest BCUT2D eigenvalue weighted by molar-refractivity contribution is -0.132. The maximum absolute atomic E-state index is 13.1. The lowest BCUT2D eigenvalue weighted by atomic mass is 9.95. The predicted molar refractivity (Wildman–Crippen MR) is 125 cm³/mol. The molecule has 1 aromatic heterocycles. The van der Waals surface area contributed by atoms with Crippen molar-refractivity contribution in [1.29, 1.82) is 0 Å². The van der Waals surface area contributed by atoms with Gasteiger partial charge in [0.1, 0.15) is 17.3 Å². The second kappa shape index (κ2) is 8.92. The van der Waals surface area contributed by atoms with Gasteiger partial charge in [-0.05, 0) is 62.7 Å². The Morgan fingerprint density at radius 1 is 1.09 bits per heavy atom. The maximum Gasteiger partial charge on any atom is 0.301 e. The van der Waals surface area contributed by atoms with Crippen molar-refractivity contribution in [2.24, 2.45) is 0 Å². The van der Waals surface area contributed by atoms with E-state index < -0.39 is 17.7 Å². The van der Waals surface area contributed by atoms with Gasteiger partial charge in [0.05, 0.1) is 27.8 Å². The molecule has 1 atom stereocenters. The molecule has 0 unspecified atom stereocenters. The van der Waals surface area contributed by atoms with Crippen LogP contribution in [0.5, 0.6) is 5.75 Å². The van der Waals surface area contributed by atoms with E-state index in [4.69, 9.17) is 32.5 Å². The first-order valence-electron chi connectivity index (χ1n) is 10.1. The van der Waals surface area contributed by atoms with Crippen molar-refractivity contribution >= 4 is 46.5 Å². The van der Waals surface area contributed by atoms with Gasteiger partial charge in [0.2, 0.25) is 0 Å². The largest absolute Gasteiger partial charge is 0.507 e. The molecule has 0 aliphatic carbocycles. The third-order valence-electron chi connectivity index (χ3n) is 5.07. The number of aliphatic hydroxyl groups is 1. The molecular formula is C24H20Cl2N2O5. The normalized spacial score (nSPS) is 17.8. The molecule has 1 aliphatic heterocycles.